The van der Waals surface area contributed by atoms with Crippen molar-refractivity contribution in [2.75, 3.05) is 26.2 Å². The average Bonchev–Trinajstić information content (AvgIpc) is 3.53. The third-order valence-electron chi connectivity index (χ3n) is 6.56. The van der Waals surface area contributed by atoms with Gasteiger partial charge in [-0.3, -0.25) is 9.78 Å². The van der Waals surface area contributed by atoms with Gasteiger partial charge >= 0.3 is 0 Å². The Morgan fingerprint density at radius 1 is 1.06 bits per heavy atom. The van der Waals surface area contributed by atoms with Crippen LogP contribution < -0.4 is 5.32 Å². The molecule has 36 heavy (non-hydrogen) atoms. The van der Waals surface area contributed by atoms with Crippen LogP contribution in [-0.2, 0) is 23.0 Å². The lowest BCUT2D eigenvalue weighted by atomic mass is 10.00. The van der Waals surface area contributed by atoms with E-state index in [9.17, 15) is 13.2 Å². The molecule has 6 rings (SSSR count). The minimum atomic E-state index is -3.64. The molecule has 0 spiro atoms. The van der Waals surface area contributed by atoms with Crippen molar-refractivity contribution in [1.82, 2.24) is 24.5 Å². The molecule has 1 fully saturated rings. The van der Waals surface area contributed by atoms with Crippen molar-refractivity contribution in [1.29, 1.82) is 0 Å². The molecule has 8 nitrogen and oxygen atoms in total. The number of sulfonamides is 1. The molecule has 186 valence electrons. The zero-order valence-electron chi connectivity index (χ0n) is 19.1. The van der Waals surface area contributed by atoms with Gasteiger partial charge in [-0.2, -0.15) is 4.31 Å². The molecule has 12 heteroatoms. The van der Waals surface area contributed by atoms with Crippen molar-refractivity contribution in [2.45, 2.75) is 23.2 Å². The molecular weight excluding hydrogens is 538 g/mol. The molecule has 0 aliphatic carbocycles. The molecule has 1 atom stereocenters. The number of hydrogen-bond acceptors (Lipinski definition) is 8. The van der Waals surface area contributed by atoms with Crippen molar-refractivity contribution in [2.24, 2.45) is 0 Å². The van der Waals surface area contributed by atoms with Gasteiger partial charge in [-0.05, 0) is 41.3 Å². The monoisotopic (exact) mass is 559 g/mol. The summed E-state index contributed by atoms with van der Waals surface area (Å²) in [5.74, 6) is -0.136. The van der Waals surface area contributed by atoms with Gasteiger partial charge in [0.15, 0.2) is 5.01 Å². The van der Waals surface area contributed by atoms with Crippen molar-refractivity contribution in [3.8, 4) is 0 Å². The Morgan fingerprint density at radius 3 is 2.61 bits per heavy atom. The van der Waals surface area contributed by atoms with E-state index in [-0.39, 0.29) is 25.0 Å². The number of thiazole rings is 1. The topological polar surface area (TPSA) is 95.5 Å². The average molecular weight is 560 g/mol. The molecule has 3 aromatic heterocycles. The summed E-state index contributed by atoms with van der Waals surface area (Å²) < 4.78 is 29.1. The van der Waals surface area contributed by atoms with E-state index in [1.165, 1.54) is 27.0 Å². The molecular formula is C24H22ClN5O3S3. The minimum absolute atomic E-state index is 0.136. The Kier molecular flexibility index (Phi) is 6.30. The van der Waals surface area contributed by atoms with Gasteiger partial charge in [0.05, 0.1) is 5.69 Å². The van der Waals surface area contributed by atoms with Crippen LogP contribution in [0.3, 0.4) is 0 Å². The van der Waals surface area contributed by atoms with Crippen LogP contribution >= 0.6 is 34.3 Å². The molecule has 2 aliphatic rings. The fourth-order valence-corrected chi connectivity index (χ4v) is 8.85. The minimum Gasteiger partial charge on any atom is -0.334 e. The standard InChI is InChI=1S/C24H22ClN5O3S3/c25-17-2-1-16-11-22(34-20(16)12-17)36(32,33)30-9-7-29(8-10-30)24(31)23-28-19-13-18(27-14-21(19)35-23)15-3-5-26-6-4-15/h1-6,11-12,18,27H,7-10,13-14H2. The highest BCUT2D eigenvalue weighted by molar-refractivity contribution is 7.91. The quantitative estimate of drug-likeness (QED) is 0.407. The van der Waals surface area contributed by atoms with Gasteiger partial charge in [-0.15, -0.1) is 22.7 Å². The summed E-state index contributed by atoms with van der Waals surface area (Å²) in [5.41, 5.74) is 2.10. The number of carbonyl (C=O) groups is 1. The maximum absolute atomic E-state index is 13.2. The van der Waals surface area contributed by atoms with E-state index in [1.807, 2.05) is 18.2 Å². The molecule has 1 amide bonds. The fraction of sp³-hybridized carbons (Fsp3) is 0.292. The van der Waals surface area contributed by atoms with Crippen LogP contribution in [0.1, 0.15) is 32.0 Å². The van der Waals surface area contributed by atoms with E-state index in [1.54, 1.807) is 35.5 Å². The first-order valence-corrected chi connectivity index (χ1v) is 14.9. The first-order chi connectivity index (χ1) is 17.4. The number of nitrogens with zero attached hydrogens (tertiary/aromatic N) is 4. The summed E-state index contributed by atoms with van der Waals surface area (Å²) in [6.45, 7) is 1.83. The van der Waals surface area contributed by atoms with Gasteiger partial charge in [0, 0.05) is 72.2 Å². The molecule has 1 unspecified atom stereocenters. The van der Waals surface area contributed by atoms with Gasteiger partial charge in [-0.25, -0.2) is 13.4 Å². The van der Waals surface area contributed by atoms with Crippen molar-refractivity contribution in [3.05, 3.63) is 75.0 Å². The number of carbonyl (C=O) groups excluding carboxylic acids is 1. The number of halogens is 1. The zero-order valence-corrected chi connectivity index (χ0v) is 22.3. The van der Waals surface area contributed by atoms with Gasteiger partial charge in [-0.1, -0.05) is 17.7 Å². The van der Waals surface area contributed by atoms with Gasteiger partial charge in [0.25, 0.3) is 15.9 Å². The number of pyridine rings is 1. The van der Waals surface area contributed by atoms with Crippen LogP contribution in [0.15, 0.2) is 53.0 Å². The lowest BCUT2D eigenvalue weighted by Gasteiger charge is -2.33. The number of benzene rings is 1. The maximum Gasteiger partial charge on any atom is 0.282 e. The lowest BCUT2D eigenvalue weighted by Crippen LogP contribution is -2.50. The second-order valence-electron chi connectivity index (χ2n) is 8.75. The highest BCUT2D eigenvalue weighted by Gasteiger charge is 2.33. The summed E-state index contributed by atoms with van der Waals surface area (Å²) in [5, 5.41) is 5.41. The number of nitrogens with one attached hydrogen (secondary N) is 1. The van der Waals surface area contributed by atoms with E-state index in [4.69, 9.17) is 11.6 Å². The number of rotatable bonds is 4. The zero-order chi connectivity index (χ0) is 24.9. The second kappa shape index (κ2) is 9.47. The highest BCUT2D eigenvalue weighted by Crippen LogP contribution is 2.33. The highest BCUT2D eigenvalue weighted by atomic mass is 35.5. The summed E-state index contributed by atoms with van der Waals surface area (Å²) in [6.07, 6.45) is 4.27. The number of hydrogen-bond donors (Lipinski definition) is 1. The Bertz CT molecular complexity index is 1550. The maximum atomic E-state index is 13.2. The summed E-state index contributed by atoms with van der Waals surface area (Å²) in [4.78, 5) is 24.7. The second-order valence-corrected chi connectivity index (χ2v) is 13.5. The van der Waals surface area contributed by atoms with Crippen LogP contribution in [0.25, 0.3) is 10.1 Å². The third kappa shape index (κ3) is 4.44. The van der Waals surface area contributed by atoms with Crippen LogP contribution in [0, 0.1) is 0 Å². The number of piperazine rings is 1. The predicted molar refractivity (Wildman–Crippen MR) is 141 cm³/mol. The normalized spacial score (nSPS) is 18.9. The Morgan fingerprint density at radius 2 is 1.83 bits per heavy atom. The molecule has 1 N–H and O–H groups in total. The Labute approximate surface area is 221 Å². The number of amides is 1. The summed E-state index contributed by atoms with van der Waals surface area (Å²) in [7, 11) is -3.64. The van der Waals surface area contributed by atoms with E-state index in [2.05, 4.69) is 15.3 Å². The molecule has 1 aromatic carbocycles. The van der Waals surface area contributed by atoms with Crippen LogP contribution in [-0.4, -0.2) is 59.7 Å². The van der Waals surface area contributed by atoms with Crippen LogP contribution in [0.4, 0.5) is 0 Å². The fourth-order valence-electron chi connectivity index (χ4n) is 4.59. The first-order valence-electron chi connectivity index (χ1n) is 11.5. The summed E-state index contributed by atoms with van der Waals surface area (Å²) in [6, 6.07) is 11.2. The van der Waals surface area contributed by atoms with E-state index in [0.717, 1.165) is 32.6 Å². The number of fused-ring (bicyclic) bond motifs is 2. The number of thiophene rings is 1. The molecule has 1 saturated heterocycles. The number of aromatic nitrogens is 2. The van der Waals surface area contributed by atoms with Crippen molar-refractivity contribution < 1.29 is 13.2 Å². The molecule has 2 aliphatic heterocycles. The molecule has 5 heterocycles. The smallest absolute Gasteiger partial charge is 0.282 e. The largest absolute Gasteiger partial charge is 0.334 e. The van der Waals surface area contributed by atoms with Gasteiger partial charge in [0.2, 0.25) is 0 Å². The lowest BCUT2D eigenvalue weighted by molar-refractivity contribution is 0.0697. The van der Waals surface area contributed by atoms with E-state index >= 15 is 0 Å². The summed E-state index contributed by atoms with van der Waals surface area (Å²) >= 11 is 8.70. The van der Waals surface area contributed by atoms with E-state index in [0.29, 0.717) is 33.9 Å². The SMILES string of the molecule is O=C(c1nc2c(s1)CNC(c1ccncc1)C2)N1CCN(S(=O)(=O)c2cc3ccc(Cl)cc3s2)CC1. The van der Waals surface area contributed by atoms with Crippen LogP contribution in [0.2, 0.25) is 5.02 Å². The Hall–Kier alpha value is -2.41. The van der Waals surface area contributed by atoms with Crippen molar-refractivity contribution >= 4 is 60.3 Å². The van der Waals surface area contributed by atoms with Gasteiger partial charge < -0.3 is 10.2 Å². The first kappa shape index (κ1) is 24.0. The molecule has 0 bridgehead atoms. The Balaban J connectivity index is 1.13. The molecule has 0 radical (unpaired) electrons. The van der Waals surface area contributed by atoms with Crippen LogP contribution in [0.5, 0.6) is 0 Å². The molecule has 4 aromatic rings. The molecule has 0 saturated carbocycles. The van der Waals surface area contributed by atoms with E-state index < -0.39 is 10.0 Å². The predicted octanol–water partition coefficient (Wildman–Crippen LogP) is 3.94. The van der Waals surface area contributed by atoms with Gasteiger partial charge in [0.1, 0.15) is 4.21 Å². The third-order valence-corrected chi connectivity index (χ3v) is 11.3. The van der Waals surface area contributed by atoms with Crippen molar-refractivity contribution in [3.63, 3.8) is 0 Å².